The van der Waals surface area contributed by atoms with E-state index in [2.05, 4.69) is 24.3 Å². The van der Waals surface area contributed by atoms with Crippen molar-refractivity contribution in [2.75, 3.05) is 11.5 Å². The van der Waals surface area contributed by atoms with E-state index in [4.69, 9.17) is 16.5 Å². The lowest BCUT2D eigenvalue weighted by Gasteiger charge is -2.12. The van der Waals surface area contributed by atoms with Gasteiger partial charge in [-0.2, -0.15) is 0 Å². The Labute approximate surface area is 128 Å². The Bertz CT molecular complexity index is 992. The molecule has 0 spiro atoms. The van der Waals surface area contributed by atoms with Crippen molar-refractivity contribution in [1.82, 2.24) is 4.98 Å². The predicted octanol–water partition coefficient (Wildman–Crippen LogP) is 4.22. The maximum Gasteiger partial charge on any atom is 0.0788 e. The molecule has 4 aromatic rings. The topological polar surface area (TPSA) is 64.9 Å². The monoisotopic (exact) mass is 285 g/mol. The molecule has 106 valence electrons. The number of nitrogens with zero attached hydrogens (tertiary/aromatic N) is 1. The number of benzene rings is 3. The SMILES string of the molecule is Nc1ccc2nc(-c3ccccc3)c3ccccc3c2c1N. The molecule has 0 fully saturated rings. The first kappa shape index (κ1) is 12.7. The second kappa shape index (κ2) is 4.74. The van der Waals surface area contributed by atoms with Gasteiger partial charge in [0.2, 0.25) is 0 Å². The van der Waals surface area contributed by atoms with Gasteiger partial charge in [-0.15, -0.1) is 0 Å². The minimum Gasteiger partial charge on any atom is -0.397 e. The maximum atomic E-state index is 6.21. The molecule has 0 atom stereocenters. The van der Waals surface area contributed by atoms with Crippen LogP contribution >= 0.6 is 0 Å². The lowest BCUT2D eigenvalue weighted by molar-refractivity contribution is 1.43. The van der Waals surface area contributed by atoms with Gasteiger partial charge in [0, 0.05) is 16.3 Å². The summed E-state index contributed by atoms with van der Waals surface area (Å²) in [7, 11) is 0. The van der Waals surface area contributed by atoms with Gasteiger partial charge in [0.05, 0.1) is 22.6 Å². The van der Waals surface area contributed by atoms with Gasteiger partial charge in [-0.3, -0.25) is 0 Å². The van der Waals surface area contributed by atoms with Gasteiger partial charge < -0.3 is 11.5 Å². The van der Waals surface area contributed by atoms with Crippen LogP contribution in [0.3, 0.4) is 0 Å². The molecule has 0 bridgehead atoms. The largest absolute Gasteiger partial charge is 0.397 e. The molecular formula is C19H15N3. The van der Waals surface area contributed by atoms with Gasteiger partial charge in [-0.05, 0) is 17.5 Å². The highest BCUT2D eigenvalue weighted by atomic mass is 14.7. The number of rotatable bonds is 1. The highest BCUT2D eigenvalue weighted by Crippen LogP contribution is 2.36. The van der Waals surface area contributed by atoms with Gasteiger partial charge in [0.15, 0.2) is 0 Å². The molecule has 1 aromatic heterocycles. The van der Waals surface area contributed by atoms with Crippen molar-refractivity contribution in [3.8, 4) is 11.3 Å². The molecule has 0 saturated carbocycles. The van der Waals surface area contributed by atoms with Crippen molar-refractivity contribution >= 4 is 33.1 Å². The molecule has 3 heteroatoms. The number of hydrogen-bond donors (Lipinski definition) is 2. The Morgan fingerprint density at radius 1 is 0.682 bits per heavy atom. The molecule has 0 amide bonds. The fraction of sp³-hybridized carbons (Fsp3) is 0. The summed E-state index contributed by atoms with van der Waals surface area (Å²) in [6, 6.07) is 22.1. The Balaban J connectivity index is 2.21. The average molecular weight is 285 g/mol. The van der Waals surface area contributed by atoms with Crippen LogP contribution in [0.25, 0.3) is 32.9 Å². The second-order valence-corrected chi connectivity index (χ2v) is 5.33. The summed E-state index contributed by atoms with van der Waals surface area (Å²) in [5.74, 6) is 0. The van der Waals surface area contributed by atoms with Crippen molar-refractivity contribution in [2.24, 2.45) is 0 Å². The van der Waals surface area contributed by atoms with Gasteiger partial charge in [-0.25, -0.2) is 4.98 Å². The molecular weight excluding hydrogens is 270 g/mol. The lowest BCUT2D eigenvalue weighted by atomic mass is 9.99. The molecule has 0 saturated heterocycles. The Morgan fingerprint density at radius 2 is 1.36 bits per heavy atom. The Hall–Kier alpha value is -3.07. The first-order chi connectivity index (χ1) is 10.8. The minimum absolute atomic E-state index is 0.590. The third kappa shape index (κ3) is 1.79. The fourth-order valence-electron chi connectivity index (χ4n) is 2.90. The molecule has 4 N–H and O–H groups in total. The minimum atomic E-state index is 0.590. The number of anilines is 2. The van der Waals surface area contributed by atoms with Crippen molar-refractivity contribution in [2.45, 2.75) is 0 Å². The summed E-state index contributed by atoms with van der Waals surface area (Å²) >= 11 is 0. The quantitative estimate of drug-likeness (QED) is 0.406. The highest BCUT2D eigenvalue weighted by molar-refractivity contribution is 6.17. The third-order valence-electron chi connectivity index (χ3n) is 3.99. The first-order valence-electron chi connectivity index (χ1n) is 7.17. The average Bonchev–Trinajstić information content (AvgIpc) is 2.58. The van der Waals surface area contributed by atoms with Crippen LogP contribution in [0, 0.1) is 0 Å². The van der Waals surface area contributed by atoms with Crippen LogP contribution in [0.1, 0.15) is 0 Å². The van der Waals surface area contributed by atoms with E-state index in [-0.39, 0.29) is 0 Å². The number of hydrogen-bond acceptors (Lipinski definition) is 3. The molecule has 0 unspecified atom stereocenters. The molecule has 1 heterocycles. The molecule has 0 aliphatic carbocycles. The van der Waals surface area contributed by atoms with Gasteiger partial charge in [-0.1, -0.05) is 54.6 Å². The molecule has 22 heavy (non-hydrogen) atoms. The van der Waals surface area contributed by atoms with E-state index < -0.39 is 0 Å². The van der Waals surface area contributed by atoms with Gasteiger partial charge in [0.25, 0.3) is 0 Å². The van der Waals surface area contributed by atoms with Crippen LogP contribution in [0.2, 0.25) is 0 Å². The van der Waals surface area contributed by atoms with Crippen LogP contribution < -0.4 is 11.5 Å². The number of nitrogens with two attached hydrogens (primary N) is 2. The normalized spacial score (nSPS) is 11.1. The van der Waals surface area contributed by atoms with E-state index >= 15 is 0 Å². The van der Waals surface area contributed by atoms with Crippen molar-refractivity contribution in [1.29, 1.82) is 0 Å². The Kier molecular flexibility index (Phi) is 2.73. The standard InChI is InChI=1S/C19H15N3/c20-15-10-11-16-17(18(15)21)13-8-4-5-9-14(13)19(22-16)12-6-2-1-3-7-12/h1-11H,20-21H2. The number of fused-ring (bicyclic) bond motifs is 3. The fourth-order valence-corrected chi connectivity index (χ4v) is 2.90. The summed E-state index contributed by atoms with van der Waals surface area (Å²) < 4.78 is 0. The van der Waals surface area contributed by atoms with Crippen LogP contribution in [0.15, 0.2) is 66.7 Å². The Morgan fingerprint density at radius 3 is 2.14 bits per heavy atom. The molecule has 0 radical (unpaired) electrons. The number of pyridine rings is 1. The van der Waals surface area contributed by atoms with Crippen LogP contribution in [0.5, 0.6) is 0 Å². The van der Waals surface area contributed by atoms with Crippen LogP contribution in [-0.2, 0) is 0 Å². The molecule has 3 aromatic carbocycles. The number of aromatic nitrogens is 1. The zero-order chi connectivity index (χ0) is 15.1. The van der Waals surface area contributed by atoms with E-state index in [0.717, 1.165) is 32.9 Å². The second-order valence-electron chi connectivity index (χ2n) is 5.33. The van der Waals surface area contributed by atoms with Crippen molar-refractivity contribution in [3.05, 3.63) is 66.7 Å². The molecule has 0 aliphatic heterocycles. The molecule has 0 aliphatic rings. The van der Waals surface area contributed by atoms with E-state index in [1.807, 2.05) is 42.5 Å². The summed E-state index contributed by atoms with van der Waals surface area (Å²) in [6.07, 6.45) is 0. The van der Waals surface area contributed by atoms with Crippen LogP contribution in [-0.4, -0.2) is 4.98 Å². The summed E-state index contributed by atoms with van der Waals surface area (Å²) in [6.45, 7) is 0. The lowest BCUT2D eigenvalue weighted by Crippen LogP contribution is -1.98. The van der Waals surface area contributed by atoms with E-state index in [1.165, 1.54) is 0 Å². The van der Waals surface area contributed by atoms with E-state index in [9.17, 15) is 0 Å². The van der Waals surface area contributed by atoms with Gasteiger partial charge >= 0.3 is 0 Å². The summed E-state index contributed by atoms with van der Waals surface area (Å²) in [5, 5.41) is 3.09. The zero-order valence-corrected chi connectivity index (χ0v) is 12.0. The first-order valence-corrected chi connectivity index (χ1v) is 7.17. The van der Waals surface area contributed by atoms with Crippen molar-refractivity contribution < 1.29 is 0 Å². The molecule has 4 rings (SSSR count). The van der Waals surface area contributed by atoms with E-state index in [1.54, 1.807) is 0 Å². The summed E-state index contributed by atoms with van der Waals surface area (Å²) in [5.41, 5.74) is 16.3. The van der Waals surface area contributed by atoms with Gasteiger partial charge in [0.1, 0.15) is 0 Å². The van der Waals surface area contributed by atoms with E-state index in [0.29, 0.717) is 11.4 Å². The smallest absolute Gasteiger partial charge is 0.0788 e. The maximum absolute atomic E-state index is 6.21. The predicted molar refractivity (Wildman–Crippen MR) is 93.5 cm³/mol. The number of nitrogen functional groups attached to an aromatic ring is 2. The summed E-state index contributed by atoms with van der Waals surface area (Å²) in [4.78, 5) is 4.84. The highest BCUT2D eigenvalue weighted by Gasteiger charge is 2.12. The third-order valence-corrected chi connectivity index (χ3v) is 3.99. The zero-order valence-electron chi connectivity index (χ0n) is 12.0. The van der Waals surface area contributed by atoms with Crippen LogP contribution in [0.4, 0.5) is 11.4 Å². The van der Waals surface area contributed by atoms with Crippen molar-refractivity contribution in [3.63, 3.8) is 0 Å². The molecule has 3 nitrogen and oxygen atoms in total.